The molecule has 1 unspecified atom stereocenters. The smallest absolute Gasteiger partial charge is 0.265 e. The zero-order valence-corrected chi connectivity index (χ0v) is 16.7. The average molecular weight is 388 g/mol. The zero-order chi connectivity index (χ0) is 20.8. The number of nitrogens with one attached hydrogen (secondary N) is 2. The molecule has 0 radical (unpaired) electrons. The molecule has 3 rings (SSSR count). The van der Waals surface area contributed by atoms with Gasteiger partial charge in [0.2, 0.25) is 0 Å². The van der Waals surface area contributed by atoms with E-state index in [1.807, 2.05) is 50.2 Å². The van der Waals surface area contributed by atoms with Gasteiger partial charge in [-0.1, -0.05) is 36.4 Å². The van der Waals surface area contributed by atoms with E-state index in [1.165, 1.54) is 0 Å². The van der Waals surface area contributed by atoms with E-state index in [9.17, 15) is 9.59 Å². The topological polar surface area (TPSA) is 67.4 Å². The van der Waals surface area contributed by atoms with Crippen LogP contribution in [0.5, 0.6) is 5.75 Å². The number of hydrogen-bond acceptors (Lipinski definition) is 3. The summed E-state index contributed by atoms with van der Waals surface area (Å²) < 4.78 is 5.83. The van der Waals surface area contributed by atoms with Crippen LogP contribution in [-0.2, 0) is 4.79 Å². The van der Waals surface area contributed by atoms with Crippen molar-refractivity contribution in [2.75, 3.05) is 10.6 Å². The maximum atomic E-state index is 12.5. The van der Waals surface area contributed by atoms with Crippen LogP contribution >= 0.6 is 0 Å². The summed E-state index contributed by atoms with van der Waals surface area (Å²) in [7, 11) is 0. The van der Waals surface area contributed by atoms with Crippen LogP contribution in [0.15, 0.2) is 72.8 Å². The summed E-state index contributed by atoms with van der Waals surface area (Å²) >= 11 is 0. The third kappa shape index (κ3) is 5.45. The Balaban J connectivity index is 1.64. The average Bonchev–Trinajstić information content (AvgIpc) is 2.71. The molecule has 0 aliphatic rings. The van der Waals surface area contributed by atoms with Gasteiger partial charge in [-0.2, -0.15) is 0 Å². The third-order valence-electron chi connectivity index (χ3n) is 4.44. The van der Waals surface area contributed by atoms with Gasteiger partial charge < -0.3 is 15.4 Å². The molecule has 0 spiro atoms. The highest BCUT2D eigenvalue weighted by atomic mass is 16.5. The van der Waals surface area contributed by atoms with Gasteiger partial charge in [-0.3, -0.25) is 9.59 Å². The molecule has 0 bridgehead atoms. The van der Waals surface area contributed by atoms with Crippen LogP contribution in [0.2, 0.25) is 0 Å². The highest BCUT2D eigenvalue weighted by Crippen LogP contribution is 2.21. The first-order chi connectivity index (χ1) is 13.9. The van der Waals surface area contributed by atoms with Gasteiger partial charge in [-0.25, -0.2) is 0 Å². The van der Waals surface area contributed by atoms with Crippen molar-refractivity contribution in [3.05, 3.63) is 89.5 Å². The number of ether oxygens (including phenoxy) is 1. The Kier molecular flexibility index (Phi) is 6.29. The van der Waals surface area contributed by atoms with Gasteiger partial charge in [0, 0.05) is 16.9 Å². The molecular formula is C24H24N2O3. The Bertz CT molecular complexity index is 1020. The normalized spacial score (nSPS) is 11.4. The van der Waals surface area contributed by atoms with Crippen LogP contribution in [0, 0.1) is 13.8 Å². The molecule has 0 aromatic heterocycles. The maximum absolute atomic E-state index is 12.5. The quantitative estimate of drug-likeness (QED) is 0.627. The number of anilines is 2. The maximum Gasteiger partial charge on any atom is 0.265 e. The Morgan fingerprint density at radius 1 is 0.828 bits per heavy atom. The standard InChI is InChI=1S/C24H24N2O3/c1-16-12-13-17(2)22(14-16)29-18(3)23(27)25-20-10-7-11-21(15-20)26-24(28)19-8-5-4-6-9-19/h4-15,18H,1-3H3,(H,25,27)(H,26,28). The molecule has 29 heavy (non-hydrogen) atoms. The molecule has 0 aliphatic heterocycles. The largest absolute Gasteiger partial charge is 0.481 e. The number of hydrogen-bond donors (Lipinski definition) is 2. The Hall–Kier alpha value is -3.60. The molecule has 0 saturated carbocycles. The first kappa shape index (κ1) is 20.1. The van der Waals surface area contributed by atoms with Crippen molar-refractivity contribution in [1.82, 2.24) is 0 Å². The van der Waals surface area contributed by atoms with E-state index in [4.69, 9.17) is 4.74 Å². The molecule has 2 N–H and O–H groups in total. The van der Waals surface area contributed by atoms with Gasteiger partial charge in [0.05, 0.1) is 0 Å². The van der Waals surface area contributed by atoms with Crippen molar-refractivity contribution >= 4 is 23.2 Å². The number of carbonyl (C=O) groups excluding carboxylic acids is 2. The van der Waals surface area contributed by atoms with Crippen LogP contribution in [0.25, 0.3) is 0 Å². The minimum absolute atomic E-state index is 0.208. The molecule has 5 nitrogen and oxygen atoms in total. The van der Waals surface area contributed by atoms with Crippen molar-refractivity contribution in [3.8, 4) is 5.75 Å². The van der Waals surface area contributed by atoms with Crippen LogP contribution in [-0.4, -0.2) is 17.9 Å². The molecule has 0 heterocycles. The summed E-state index contributed by atoms with van der Waals surface area (Å²) in [5.74, 6) is 0.217. The third-order valence-corrected chi connectivity index (χ3v) is 4.44. The van der Waals surface area contributed by atoms with Gasteiger partial charge in [-0.15, -0.1) is 0 Å². The van der Waals surface area contributed by atoms with Gasteiger partial charge in [-0.05, 0) is 68.3 Å². The summed E-state index contributed by atoms with van der Waals surface area (Å²) in [4.78, 5) is 24.8. The van der Waals surface area contributed by atoms with E-state index >= 15 is 0 Å². The Morgan fingerprint density at radius 3 is 2.24 bits per heavy atom. The highest BCUT2D eigenvalue weighted by molar-refractivity contribution is 6.04. The summed E-state index contributed by atoms with van der Waals surface area (Å²) in [5.41, 5.74) is 3.79. The van der Waals surface area contributed by atoms with Crippen molar-refractivity contribution in [2.24, 2.45) is 0 Å². The van der Waals surface area contributed by atoms with Crippen LogP contribution in [0.1, 0.15) is 28.4 Å². The summed E-state index contributed by atoms with van der Waals surface area (Å²) in [6.45, 7) is 5.63. The molecule has 3 aromatic rings. The summed E-state index contributed by atoms with van der Waals surface area (Å²) in [6.07, 6.45) is -0.668. The van der Waals surface area contributed by atoms with Crippen molar-refractivity contribution in [1.29, 1.82) is 0 Å². The van der Waals surface area contributed by atoms with Gasteiger partial charge in [0.25, 0.3) is 11.8 Å². The predicted molar refractivity (Wildman–Crippen MR) is 115 cm³/mol. The SMILES string of the molecule is Cc1ccc(C)c(OC(C)C(=O)Nc2cccc(NC(=O)c3ccccc3)c2)c1. The number of benzene rings is 3. The summed E-state index contributed by atoms with van der Waals surface area (Å²) in [5, 5.41) is 5.67. The molecular weight excluding hydrogens is 364 g/mol. The van der Waals surface area contributed by atoms with E-state index in [2.05, 4.69) is 10.6 Å². The lowest BCUT2D eigenvalue weighted by Gasteiger charge is -2.17. The van der Waals surface area contributed by atoms with E-state index in [1.54, 1.807) is 43.3 Å². The van der Waals surface area contributed by atoms with E-state index in [0.717, 1.165) is 11.1 Å². The first-order valence-electron chi connectivity index (χ1n) is 9.43. The Labute approximate surface area is 170 Å². The van der Waals surface area contributed by atoms with Crippen LogP contribution < -0.4 is 15.4 Å². The number of aryl methyl sites for hydroxylation is 2. The van der Waals surface area contributed by atoms with Crippen LogP contribution in [0.3, 0.4) is 0 Å². The van der Waals surface area contributed by atoms with Crippen LogP contribution in [0.4, 0.5) is 11.4 Å². The Morgan fingerprint density at radius 2 is 1.52 bits per heavy atom. The van der Waals surface area contributed by atoms with Crippen molar-refractivity contribution in [2.45, 2.75) is 26.9 Å². The molecule has 5 heteroatoms. The van der Waals surface area contributed by atoms with E-state index in [-0.39, 0.29) is 11.8 Å². The second-order valence-electron chi connectivity index (χ2n) is 6.92. The predicted octanol–water partition coefficient (Wildman–Crippen LogP) is 4.96. The minimum atomic E-state index is -0.668. The lowest BCUT2D eigenvalue weighted by Crippen LogP contribution is -2.30. The van der Waals surface area contributed by atoms with Crippen molar-refractivity contribution in [3.63, 3.8) is 0 Å². The fraction of sp³-hybridized carbons (Fsp3) is 0.167. The molecule has 1 atom stereocenters. The first-order valence-corrected chi connectivity index (χ1v) is 9.43. The molecule has 0 fully saturated rings. The molecule has 3 aromatic carbocycles. The lowest BCUT2D eigenvalue weighted by molar-refractivity contribution is -0.122. The van der Waals surface area contributed by atoms with Gasteiger partial charge in [0.15, 0.2) is 6.10 Å². The zero-order valence-electron chi connectivity index (χ0n) is 16.7. The van der Waals surface area contributed by atoms with Gasteiger partial charge in [0.1, 0.15) is 5.75 Å². The monoisotopic (exact) mass is 388 g/mol. The fourth-order valence-electron chi connectivity index (χ4n) is 2.79. The molecule has 2 amide bonds. The van der Waals surface area contributed by atoms with Gasteiger partial charge >= 0.3 is 0 Å². The summed E-state index contributed by atoms with van der Waals surface area (Å²) in [6, 6.07) is 21.9. The minimum Gasteiger partial charge on any atom is -0.481 e. The second kappa shape index (κ2) is 9.06. The second-order valence-corrected chi connectivity index (χ2v) is 6.92. The highest BCUT2D eigenvalue weighted by Gasteiger charge is 2.16. The number of rotatable bonds is 6. The molecule has 148 valence electrons. The van der Waals surface area contributed by atoms with Crippen molar-refractivity contribution < 1.29 is 14.3 Å². The molecule has 0 saturated heterocycles. The number of carbonyl (C=O) groups is 2. The van der Waals surface area contributed by atoms with E-state index in [0.29, 0.717) is 22.7 Å². The fourth-order valence-corrected chi connectivity index (χ4v) is 2.79. The van der Waals surface area contributed by atoms with E-state index < -0.39 is 6.10 Å². The number of amides is 2. The molecule has 0 aliphatic carbocycles. The lowest BCUT2D eigenvalue weighted by atomic mass is 10.1.